The van der Waals surface area contributed by atoms with E-state index in [1.165, 1.54) is 10.9 Å². The van der Waals surface area contributed by atoms with Gasteiger partial charge < -0.3 is 4.42 Å². The highest BCUT2D eigenvalue weighted by molar-refractivity contribution is 5.81. The Bertz CT molecular complexity index is 418. The van der Waals surface area contributed by atoms with Crippen molar-refractivity contribution in [2.75, 3.05) is 0 Å². The van der Waals surface area contributed by atoms with E-state index < -0.39 is 0 Å². The van der Waals surface area contributed by atoms with Crippen LogP contribution in [0.1, 0.15) is 26.3 Å². The molecule has 2 rings (SSSR count). The fraction of sp³-hybridized carbons (Fsp3) is 0.333. The standard InChI is InChI=1S/C12H14O/c1-12(2,3)10-8-13-11-7-5-4-6-9(10)11/h4-8H,1-3H3. The Kier molecular flexibility index (Phi) is 1.69. The molecule has 0 amide bonds. The van der Waals surface area contributed by atoms with Crippen LogP contribution in [0.5, 0.6) is 0 Å². The minimum absolute atomic E-state index is 0.159. The van der Waals surface area contributed by atoms with Crippen LogP contribution in [0, 0.1) is 0 Å². The molecule has 2 aromatic rings. The van der Waals surface area contributed by atoms with E-state index in [4.69, 9.17) is 4.42 Å². The molecule has 68 valence electrons. The third-order valence-electron chi connectivity index (χ3n) is 2.29. The van der Waals surface area contributed by atoms with Crippen LogP contribution < -0.4 is 0 Å². The van der Waals surface area contributed by atoms with Crippen molar-refractivity contribution in [1.82, 2.24) is 0 Å². The zero-order valence-electron chi connectivity index (χ0n) is 8.29. The Morgan fingerprint density at radius 3 is 2.46 bits per heavy atom. The maximum atomic E-state index is 5.48. The van der Waals surface area contributed by atoms with Gasteiger partial charge in [-0.25, -0.2) is 0 Å². The van der Waals surface area contributed by atoms with E-state index in [1.807, 2.05) is 24.5 Å². The van der Waals surface area contributed by atoms with Gasteiger partial charge in [-0.1, -0.05) is 39.0 Å². The predicted octanol–water partition coefficient (Wildman–Crippen LogP) is 3.73. The largest absolute Gasteiger partial charge is 0.464 e. The number of hydrogen-bond acceptors (Lipinski definition) is 1. The molecule has 0 fully saturated rings. The molecule has 0 atom stereocenters. The molecule has 1 heteroatoms. The molecule has 1 aromatic heterocycles. The fourth-order valence-electron chi connectivity index (χ4n) is 1.56. The molecule has 0 aliphatic heterocycles. The van der Waals surface area contributed by atoms with Crippen LogP contribution in [0.15, 0.2) is 34.9 Å². The zero-order chi connectivity index (χ0) is 9.47. The molecular formula is C12H14O. The maximum Gasteiger partial charge on any atom is 0.134 e. The first-order valence-corrected chi connectivity index (χ1v) is 4.56. The lowest BCUT2D eigenvalue weighted by Crippen LogP contribution is -2.09. The summed E-state index contributed by atoms with van der Waals surface area (Å²) in [6.45, 7) is 6.60. The molecule has 1 aromatic carbocycles. The summed E-state index contributed by atoms with van der Waals surface area (Å²) in [6.07, 6.45) is 1.87. The second-order valence-electron chi connectivity index (χ2n) is 4.40. The SMILES string of the molecule is CC(C)(C)c1coc2ccccc12. The average Bonchev–Trinajstić information content (AvgIpc) is 2.45. The topological polar surface area (TPSA) is 13.1 Å². The molecule has 0 aliphatic rings. The van der Waals surface area contributed by atoms with Crippen molar-refractivity contribution in [1.29, 1.82) is 0 Å². The number of furan rings is 1. The van der Waals surface area contributed by atoms with E-state index in [-0.39, 0.29) is 5.41 Å². The molecule has 1 heterocycles. The van der Waals surface area contributed by atoms with Gasteiger partial charge in [-0.3, -0.25) is 0 Å². The van der Waals surface area contributed by atoms with Crippen LogP contribution in [0.25, 0.3) is 11.0 Å². The first kappa shape index (κ1) is 8.36. The fourth-order valence-corrected chi connectivity index (χ4v) is 1.56. The summed E-state index contributed by atoms with van der Waals surface area (Å²) >= 11 is 0. The van der Waals surface area contributed by atoms with Gasteiger partial charge in [0.2, 0.25) is 0 Å². The average molecular weight is 174 g/mol. The van der Waals surface area contributed by atoms with Gasteiger partial charge in [-0.2, -0.15) is 0 Å². The van der Waals surface area contributed by atoms with Crippen molar-refractivity contribution in [2.24, 2.45) is 0 Å². The lowest BCUT2D eigenvalue weighted by Gasteiger charge is -2.16. The second kappa shape index (κ2) is 2.63. The van der Waals surface area contributed by atoms with E-state index in [0.717, 1.165) is 5.58 Å². The van der Waals surface area contributed by atoms with Gasteiger partial charge in [-0.15, -0.1) is 0 Å². The second-order valence-corrected chi connectivity index (χ2v) is 4.40. The molecule has 0 radical (unpaired) electrons. The molecule has 1 nitrogen and oxygen atoms in total. The van der Waals surface area contributed by atoms with E-state index >= 15 is 0 Å². The van der Waals surface area contributed by atoms with Crippen molar-refractivity contribution < 1.29 is 4.42 Å². The molecule has 0 bridgehead atoms. The Labute approximate surface area is 78.4 Å². The van der Waals surface area contributed by atoms with Crippen molar-refractivity contribution >= 4 is 11.0 Å². The third kappa shape index (κ3) is 1.35. The minimum atomic E-state index is 0.159. The summed E-state index contributed by atoms with van der Waals surface area (Å²) in [5.74, 6) is 0. The summed E-state index contributed by atoms with van der Waals surface area (Å²) in [4.78, 5) is 0. The molecule has 0 saturated heterocycles. The van der Waals surface area contributed by atoms with E-state index in [1.54, 1.807) is 0 Å². The molecule has 0 saturated carbocycles. The monoisotopic (exact) mass is 174 g/mol. The summed E-state index contributed by atoms with van der Waals surface area (Å²) < 4.78 is 5.48. The number of hydrogen-bond donors (Lipinski definition) is 0. The van der Waals surface area contributed by atoms with Crippen LogP contribution in [0.3, 0.4) is 0 Å². The lowest BCUT2D eigenvalue weighted by molar-refractivity contribution is 0.557. The van der Waals surface area contributed by atoms with Crippen molar-refractivity contribution in [3.8, 4) is 0 Å². The lowest BCUT2D eigenvalue weighted by atomic mass is 9.87. The van der Waals surface area contributed by atoms with E-state index in [2.05, 4.69) is 26.8 Å². The molecule has 0 aliphatic carbocycles. The van der Waals surface area contributed by atoms with E-state index in [0.29, 0.717) is 0 Å². The number of para-hydroxylation sites is 1. The smallest absolute Gasteiger partial charge is 0.134 e. The molecule has 13 heavy (non-hydrogen) atoms. The normalized spacial score (nSPS) is 12.2. The maximum absolute atomic E-state index is 5.48. The number of rotatable bonds is 0. The highest BCUT2D eigenvalue weighted by Gasteiger charge is 2.18. The Morgan fingerprint density at radius 2 is 1.77 bits per heavy atom. The van der Waals surface area contributed by atoms with Crippen LogP contribution in [-0.2, 0) is 5.41 Å². The molecular weight excluding hydrogens is 160 g/mol. The summed E-state index contributed by atoms with van der Waals surface area (Å²) in [5, 5.41) is 1.23. The minimum Gasteiger partial charge on any atom is -0.464 e. The first-order valence-electron chi connectivity index (χ1n) is 4.56. The van der Waals surface area contributed by atoms with Gasteiger partial charge in [0.1, 0.15) is 5.58 Å². The van der Waals surface area contributed by atoms with Gasteiger partial charge >= 0.3 is 0 Å². The Balaban J connectivity index is 2.72. The van der Waals surface area contributed by atoms with E-state index in [9.17, 15) is 0 Å². The van der Waals surface area contributed by atoms with Crippen molar-refractivity contribution in [2.45, 2.75) is 26.2 Å². The van der Waals surface area contributed by atoms with Crippen LogP contribution >= 0.6 is 0 Å². The quantitative estimate of drug-likeness (QED) is 0.593. The van der Waals surface area contributed by atoms with Crippen LogP contribution in [0.2, 0.25) is 0 Å². The summed E-state index contributed by atoms with van der Waals surface area (Å²) in [6, 6.07) is 8.16. The molecule has 0 N–H and O–H groups in total. The highest BCUT2D eigenvalue weighted by Crippen LogP contribution is 2.31. The third-order valence-corrected chi connectivity index (χ3v) is 2.29. The van der Waals surface area contributed by atoms with Crippen molar-refractivity contribution in [3.05, 3.63) is 36.1 Å². The molecule has 0 spiro atoms. The van der Waals surface area contributed by atoms with Crippen LogP contribution in [0.4, 0.5) is 0 Å². The highest BCUT2D eigenvalue weighted by atomic mass is 16.3. The zero-order valence-corrected chi connectivity index (χ0v) is 8.29. The summed E-state index contributed by atoms with van der Waals surface area (Å²) in [7, 11) is 0. The van der Waals surface area contributed by atoms with Crippen molar-refractivity contribution in [3.63, 3.8) is 0 Å². The van der Waals surface area contributed by atoms with Gasteiger partial charge in [0.05, 0.1) is 6.26 Å². The Morgan fingerprint density at radius 1 is 1.08 bits per heavy atom. The predicted molar refractivity (Wildman–Crippen MR) is 54.9 cm³/mol. The van der Waals surface area contributed by atoms with Gasteiger partial charge in [0.25, 0.3) is 0 Å². The van der Waals surface area contributed by atoms with Gasteiger partial charge in [0, 0.05) is 10.9 Å². The molecule has 0 unspecified atom stereocenters. The summed E-state index contributed by atoms with van der Waals surface area (Å²) in [5.41, 5.74) is 2.42. The first-order chi connectivity index (χ1) is 6.09. The van der Waals surface area contributed by atoms with Gasteiger partial charge in [-0.05, 0) is 11.5 Å². The number of benzene rings is 1. The Hall–Kier alpha value is -1.24. The van der Waals surface area contributed by atoms with Crippen LogP contribution in [-0.4, -0.2) is 0 Å². The number of fused-ring (bicyclic) bond motifs is 1. The van der Waals surface area contributed by atoms with Gasteiger partial charge in [0.15, 0.2) is 0 Å².